The van der Waals surface area contributed by atoms with Gasteiger partial charge in [0, 0.05) is 26.2 Å². The van der Waals surface area contributed by atoms with Crippen molar-refractivity contribution < 1.29 is 4.74 Å². The Labute approximate surface area is 160 Å². The van der Waals surface area contributed by atoms with Crippen LogP contribution in [0.3, 0.4) is 0 Å². The molecule has 0 atom stereocenters. The summed E-state index contributed by atoms with van der Waals surface area (Å²) in [5.74, 6) is 0. The molecule has 2 aromatic rings. The maximum atomic E-state index is 12.1. The third kappa shape index (κ3) is 5.41. The normalized spacial score (nSPS) is 16.5. The van der Waals surface area contributed by atoms with Gasteiger partial charge in [0.05, 0.1) is 16.3 Å². The van der Waals surface area contributed by atoms with Crippen LogP contribution in [-0.2, 0) is 11.3 Å². The molecule has 0 saturated carbocycles. The summed E-state index contributed by atoms with van der Waals surface area (Å²) in [6, 6.07) is 8.11. The zero-order valence-electron chi connectivity index (χ0n) is 16.0. The highest BCUT2D eigenvalue weighted by Gasteiger charge is 2.18. The largest absolute Gasteiger partial charge is 0.378 e. The molecule has 0 amide bonds. The molecular formula is C21H32N2O2S. The highest BCUT2D eigenvalue weighted by molar-refractivity contribution is 7.16. The van der Waals surface area contributed by atoms with Gasteiger partial charge in [0.2, 0.25) is 0 Å². The molecule has 144 valence electrons. The van der Waals surface area contributed by atoms with Gasteiger partial charge in [-0.2, -0.15) is 0 Å². The summed E-state index contributed by atoms with van der Waals surface area (Å²) in [6.45, 7) is 7.51. The van der Waals surface area contributed by atoms with Gasteiger partial charge in [0.1, 0.15) is 0 Å². The van der Waals surface area contributed by atoms with Gasteiger partial charge in [0.15, 0.2) is 0 Å². The number of nitrogens with zero attached hydrogens (tertiary/aromatic N) is 2. The van der Waals surface area contributed by atoms with Crippen LogP contribution in [0.1, 0.15) is 51.9 Å². The first-order valence-corrected chi connectivity index (χ1v) is 11.0. The van der Waals surface area contributed by atoms with E-state index in [9.17, 15) is 4.79 Å². The van der Waals surface area contributed by atoms with Gasteiger partial charge in [-0.1, -0.05) is 43.2 Å². The van der Waals surface area contributed by atoms with E-state index < -0.39 is 0 Å². The average Bonchev–Trinajstić information content (AvgIpc) is 2.99. The Morgan fingerprint density at radius 1 is 1.08 bits per heavy atom. The summed E-state index contributed by atoms with van der Waals surface area (Å²) in [4.78, 5) is 14.9. The molecule has 2 heterocycles. The number of rotatable bonds is 10. The Kier molecular flexibility index (Phi) is 7.71. The summed E-state index contributed by atoms with van der Waals surface area (Å²) >= 11 is 1.36. The maximum absolute atomic E-state index is 12.1. The second-order valence-electron chi connectivity index (χ2n) is 7.31. The minimum absolute atomic E-state index is 0.180. The second-order valence-corrected chi connectivity index (χ2v) is 8.31. The number of hydrogen-bond acceptors (Lipinski definition) is 4. The molecule has 0 radical (unpaired) electrons. The Hall–Kier alpha value is -1.17. The summed E-state index contributed by atoms with van der Waals surface area (Å²) in [5.41, 5.74) is 1.09. The molecule has 4 nitrogen and oxygen atoms in total. The fraction of sp³-hybridized carbons (Fsp3) is 0.667. The van der Waals surface area contributed by atoms with E-state index in [1.54, 1.807) is 0 Å². The number of aromatic nitrogens is 1. The van der Waals surface area contributed by atoms with Crippen molar-refractivity contribution in [2.45, 2.75) is 64.5 Å². The number of aryl methyl sites for hydroxylation is 1. The molecule has 1 aliphatic heterocycles. The first kappa shape index (κ1) is 19.6. The molecule has 0 spiro atoms. The lowest BCUT2D eigenvalue weighted by Gasteiger charge is -2.31. The number of para-hydroxylation sites is 1. The van der Waals surface area contributed by atoms with Crippen LogP contribution in [-0.4, -0.2) is 41.8 Å². The summed E-state index contributed by atoms with van der Waals surface area (Å²) in [6.07, 6.45) is 8.80. The van der Waals surface area contributed by atoms with Crippen molar-refractivity contribution >= 4 is 21.6 Å². The number of unbranched alkanes of at least 4 members (excludes halogenated alkanes) is 3. The van der Waals surface area contributed by atoms with E-state index in [-0.39, 0.29) is 4.87 Å². The molecule has 26 heavy (non-hydrogen) atoms. The monoisotopic (exact) mass is 376 g/mol. The van der Waals surface area contributed by atoms with Crippen molar-refractivity contribution in [1.29, 1.82) is 0 Å². The first-order chi connectivity index (χ1) is 12.8. The van der Waals surface area contributed by atoms with Crippen LogP contribution in [0, 0.1) is 0 Å². The van der Waals surface area contributed by atoms with E-state index in [1.165, 1.54) is 63.1 Å². The number of likely N-dealkylation sites (tertiary alicyclic amines) is 1. The molecule has 1 aliphatic rings. The van der Waals surface area contributed by atoms with E-state index >= 15 is 0 Å². The van der Waals surface area contributed by atoms with Gasteiger partial charge >= 0.3 is 4.87 Å². The number of benzene rings is 1. The van der Waals surface area contributed by atoms with Crippen molar-refractivity contribution in [3.63, 3.8) is 0 Å². The fourth-order valence-electron chi connectivity index (χ4n) is 3.77. The highest BCUT2D eigenvalue weighted by atomic mass is 32.1. The number of piperidine rings is 1. The topological polar surface area (TPSA) is 34.5 Å². The molecular weight excluding hydrogens is 344 g/mol. The minimum atomic E-state index is 0.180. The van der Waals surface area contributed by atoms with Crippen molar-refractivity contribution in [3.8, 4) is 0 Å². The Bertz CT molecular complexity index is 716. The van der Waals surface area contributed by atoms with E-state index in [1.807, 2.05) is 22.8 Å². The molecule has 1 fully saturated rings. The van der Waals surface area contributed by atoms with Crippen molar-refractivity contribution in [2.75, 3.05) is 26.2 Å². The molecule has 3 rings (SSSR count). The van der Waals surface area contributed by atoms with Gasteiger partial charge in [-0.3, -0.25) is 9.36 Å². The summed E-state index contributed by atoms with van der Waals surface area (Å²) < 4.78 is 8.91. The van der Waals surface area contributed by atoms with Crippen LogP contribution in [0.4, 0.5) is 0 Å². The zero-order valence-corrected chi connectivity index (χ0v) is 16.8. The average molecular weight is 377 g/mol. The predicted octanol–water partition coefficient (Wildman–Crippen LogP) is 4.51. The van der Waals surface area contributed by atoms with Crippen LogP contribution in [0.5, 0.6) is 0 Å². The molecule has 1 aromatic heterocycles. The van der Waals surface area contributed by atoms with Crippen molar-refractivity contribution in [3.05, 3.63) is 33.9 Å². The number of thiazole rings is 1. The SMILES string of the molecule is CCCOC1CCN(CCCCCCn2c(=O)sc3ccccc32)CC1. The fourth-order valence-corrected chi connectivity index (χ4v) is 4.69. The Balaban J connectivity index is 1.29. The number of ether oxygens (including phenoxy) is 1. The van der Waals surface area contributed by atoms with Crippen molar-refractivity contribution in [1.82, 2.24) is 9.47 Å². The molecule has 0 aliphatic carbocycles. The number of fused-ring (bicyclic) bond motifs is 1. The summed E-state index contributed by atoms with van der Waals surface area (Å²) in [5, 5.41) is 0. The van der Waals surface area contributed by atoms with Crippen LogP contribution in [0.2, 0.25) is 0 Å². The van der Waals surface area contributed by atoms with E-state index in [0.717, 1.165) is 36.2 Å². The number of hydrogen-bond donors (Lipinski definition) is 0. The van der Waals surface area contributed by atoms with Crippen LogP contribution in [0.15, 0.2) is 29.1 Å². The summed E-state index contributed by atoms with van der Waals surface area (Å²) in [7, 11) is 0. The lowest BCUT2D eigenvalue weighted by molar-refractivity contribution is 0.00764. The molecule has 1 aromatic carbocycles. The maximum Gasteiger partial charge on any atom is 0.308 e. The Morgan fingerprint density at radius 3 is 2.58 bits per heavy atom. The van der Waals surface area contributed by atoms with E-state index in [4.69, 9.17) is 4.74 Å². The van der Waals surface area contributed by atoms with Crippen LogP contribution >= 0.6 is 11.3 Å². The lowest BCUT2D eigenvalue weighted by atomic mass is 10.1. The van der Waals surface area contributed by atoms with Crippen molar-refractivity contribution in [2.24, 2.45) is 0 Å². The lowest BCUT2D eigenvalue weighted by Crippen LogP contribution is -2.37. The first-order valence-electron chi connectivity index (χ1n) is 10.2. The third-order valence-electron chi connectivity index (χ3n) is 5.27. The van der Waals surface area contributed by atoms with Gasteiger partial charge in [-0.05, 0) is 50.8 Å². The van der Waals surface area contributed by atoms with E-state index in [2.05, 4.69) is 17.9 Å². The minimum Gasteiger partial charge on any atom is -0.378 e. The van der Waals surface area contributed by atoms with Gasteiger partial charge in [-0.25, -0.2) is 0 Å². The molecule has 0 bridgehead atoms. The van der Waals surface area contributed by atoms with Crippen LogP contribution < -0.4 is 4.87 Å². The van der Waals surface area contributed by atoms with Gasteiger partial charge < -0.3 is 9.64 Å². The van der Waals surface area contributed by atoms with E-state index in [0.29, 0.717) is 6.10 Å². The second kappa shape index (κ2) is 10.2. The molecule has 0 unspecified atom stereocenters. The quantitative estimate of drug-likeness (QED) is 0.572. The predicted molar refractivity (Wildman–Crippen MR) is 110 cm³/mol. The van der Waals surface area contributed by atoms with Gasteiger partial charge in [-0.15, -0.1) is 0 Å². The van der Waals surface area contributed by atoms with Gasteiger partial charge in [0.25, 0.3) is 0 Å². The Morgan fingerprint density at radius 2 is 1.81 bits per heavy atom. The molecule has 0 N–H and O–H groups in total. The van der Waals surface area contributed by atoms with Crippen LogP contribution in [0.25, 0.3) is 10.2 Å². The third-order valence-corrected chi connectivity index (χ3v) is 6.23. The zero-order chi connectivity index (χ0) is 18.2. The standard InChI is InChI=1S/C21H32N2O2S/c1-2-17-25-18-11-15-22(16-12-18)13-7-3-4-8-14-23-19-9-5-6-10-20(19)26-21(23)24/h5-6,9-10,18H,2-4,7-8,11-17H2,1H3. The molecule has 5 heteroatoms. The highest BCUT2D eigenvalue weighted by Crippen LogP contribution is 2.18. The molecule has 1 saturated heterocycles. The smallest absolute Gasteiger partial charge is 0.308 e.